The maximum Gasteiger partial charge on any atom is 0.333 e. The van der Waals surface area contributed by atoms with Crippen LogP contribution >= 0.6 is 0 Å². The fourth-order valence-corrected chi connectivity index (χ4v) is 2.00. The summed E-state index contributed by atoms with van der Waals surface area (Å²) < 4.78 is 4.77. The quantitative estimate of drug-likeness (QED) is 0.271. The van der Waals surface area contributed by atoms with E-state index in [-0.39, 0.29) is 18.6 Å². The summed E-state index contributed by atoms with van der Waals surface area (Å²) in [7, 11) is 0. The lowest BCUT2D eigenvalue weighted by Crippen LogP contribution is -2.46. The number of hydrogen-bond acceptors (Lipinski definition) is 8. The Hall–Kier alpha value is -2.90. The van der Waals surface area contributed by atoms with Gasteiger partial charge in [0, 0.05) is 16.9 Å². The van der Waals surface area contributed by atoms with Crippen molar-refractivity contribution < 1.29 is 39.2 Å². The molecule has 124 valence electrons. The predicted molar refractivity (Wildman–Crippen MR) is 68.6 cm³/mol. The van der Waals surface area contributed by atoms with Crippen LogP contribution in [0.3, 0.4) is 0 Å². The summed E-state index contributed by atoms with van der Waals surface area (Å²) in [4.78, 5) is 44.6. The van der Waals surface area contributed by atoms with Gasteiger partial charge in [-0.1, -0.05) is 24.8 Å². The van der Waals surface area contributed by atoms with E-state index in [0.29, 0.717) is 6.08 Å². The number of carbonyl (C=O) groups is 4. The van der Waals surface area contributed by atoms with Crippen molar-refractivity contribution in [3.63, 3.8) is 0 Å². The monoisotopic (exact) mass is 321 g/mol. The highest BCUT2D eigenvalue weighted by Crippen LogP contribution is 2.34. The van der Waals surface area contributed by atoms with Gasteiger partial charge in [0.25, 0.3) is 0 Å². The predicted octanol–water partition coefficient (Wildman–Crippen LogP) is -3.16. The molecule has 2 atom stereocenters. The molecule has 0 aromatic carbocycles. The number of ether oxygens (including phenoxy) is 1. The van der Waals surface area contributed by atoms with Crippen molar-refractivity contribution in [2.45, 2.75) is 13.3 Å². The average molecular weight is 321 g/mol. The zero-order valence-corrected chi connectivity index (χ0v) is 12.2. The van der Waals surface area contributed by atoms with E-state index in [4.69, 9.17) is 4.74 Å². The summed E-state index contributed by atoms with van der Waals surface area (Å²) >= 11 is 0. The molecule has 0 saturated carbocycles. The highest BCUT2D eigenvalue weighted by molar-refractivity contribution is 5.96. The molecule has 0 aromatic heterocycles. The van der Waals surface area contributed by atoms with Gasteiger partial charge >= 0.3 is 5.97 Å². The first-order valence-corrected chi connectivity index (χ1v) is 6.49. The number of carboxylic acid groups (broad SMARTS) is 3. The third-order valence-electron chi connectivity index (χ3n) is 3.30. The van der Waals surface area contributed by atoms with Gasteiger partial charge in [-0.15, -0.1) is 0 Å². The smallest absolute Gasteiger partial charge is 0.333 e. The highest BCUT2D eigenvalue weighted by atomic mass is 16.5. The van der Waals surface area contributed by atoms with Crippen molar-refractivity contribution in [3.05, 3.63) is 36.0 Å². The van der Waals surface area contributed by atoms with E-state index < -0.39 is 40.8 Å². The zero-order chi connectivity index (χ0) is 17.8. The van der Waals surface area contributed by atoms with Crippen molar-refractivity contribution in [2.24, 2.45) is 11.3 Å². The Morgan fingerprint density at radius 1 is 1.26 bits per heavy atom. The standard InChI is InChI=1S/C15H16O8/c1-8(2)13(20)23-6-5-15(14(21)22)4-3-9(11(16)17)10(7-15)12(18)19/h3-4,7,9H,1,5-6H2,2H3,(H,16,17)(H,18,19)(H,21,22)/p-3. The maximum absolute atomic E-state index is 11.4. The Balaban J connectivity index is 3.06. The van der Waals surface area contributed by atoms with Gasteiger partial charge in [0.2, 0.25) is 0 Å². The lowest BCUT2D eigenvalue weighted by atomic mass is 9.75. The first kappa shape index (κ1) is 18.1. The largest absolute Gasteiger partial charge is 0.549 e. The van der Waals surface area contributed by atoms with Crippen LogP contribution in [0.2, 0.25) is 0 Å². The van der Waals surface area contributed by atoms with E-state index >= 15 is 0 Å². The van der Waals surface area contributed by atoms with Gasteiger partial charge in [-0.2, -0.15) is 0 Å². The molecule has 8 nitrogen and oxygen atoms in total. The number of rotatable bonds is 7. The fourth-order valence-electron chi connectivity index (χ4n) is 2.00. The summed E-state index contributed by atoms with van der Waals surface area (Å²) in [6.45, 7) is 4.38. The summed E-state index contributed by atoms with van der Waals surface area (Å²) in [6.07, 6.45) is 2.22. The second kappa shape index (κ2) is 6.91. The maximum atomic E-state index is 11.4. The first-order chi connectivity index (χ1) is 10.6. The average Bonchev–Trinajstić information content (AvgIpc) is 2.46. The lowest BCUT2D eigenvalue weighted by Gasteiger charge is -2.35. The molecular weight excluding hydrogens is 308 g/mol. The molecule has 0 saturated heterocycles. The van der Waals surface area contributed by atoms with Crippen molar-refractivity contribution in [3.8, 4) is 0 Å². The third-order valence-corrected chi connectivity index (χ3v) is 3.30. The van der Waals surface area contributed by atoms with E-state index in [1.807, 2.05) is 0 Å². The van der Waals surface area contributed by atoms with Crippen LogP contribution < -0.4 is 15.3 Å². The molecule has 0 aliphatic heterocycles. The topological polar surface area (TPSA) is 147 Å². The van der Waals surface area contributed by atoms with Gasteiger partial charge in [-0.25, -0.2) is 4.79 Å². The molecular formula is C15H13O8-3. The van der Waals surface area contributed by atoms with Crippen molar-refractivity contribution in [1.29, 1.82) is 0 Å². The van der Waals surface area contributed by atoms with Gasteiger partial charge in [0.15, 0.2) is 0 Å². The zero-order valence-electron chi connectivity index (χ0n) is 12.2. The highest BCUT2D eigenvalue weighted by Gasteiger charge is 2.33. The van der Waals surface area contributed by atoms with Crippen LogP contribution in [-0.4, -0.2) is 30.5 Å². The summed E-state index contributed by atoms with van der Waals surface area (Å²) in [5.74, 6) is -7.60. The Morgan fingerprint density at radius 3 is 2.30 bits per heavy atom. The van der Waals surface area contributed by atoms with Gasteiger partial charge in [0.05, 0.1) is 24.5 Å². The van der Waals surface area contributed by atoms with E-state index in [0.717, 1.165) is 12.2 Å². The minimum Gasteiger partial charge on any atom is -0.549 e. The molecule has 0 radical (unpaired) electrons. The molecule has 0 heterocycles. The normalized spacial score (nSPS) is 22.8. The van der Waals surface area contributed by atoms with E-state index in [2.05, 4.69) is 6.58 Å². The van der Waals surface area contributed by atoms with Crippen molar-refractivity contribution >= 4 is 23.9 Å². The van der Waals surface area contributed by atoms with Crippen LogP contribution in [-0.2, 0) is 23.9 Å². The number of aliphatic carboxylic acids is 3. The van der Waals surface area contributed by atoms with Crippen molar-refractivity contribution in [1.82, 2.24) is 0 Å². The molecule has 0 amide bonds. The third kappa shape index (κ3) is 4.06. The molecule has 0 spiro atoms. The first-order valence-electron chi connectivity index (χ1n) is 6.49. The van der Waals surface area contributed by atoms with Gasteiger partial charge in [-0.3, -0.25) is 0 Å². The number of carbonyl (C=O) groups excluding carboxylic acids is 4. The van der Waals surface area contributed by atoms with Crippen LogP contribution in [0.5, 0.6) is 0 Å². The van der Waals surface area contributed by atoms with E-state index in [1.54, 1.807) is 0 Å². The summed E-state index contributed by atoms with van der Waals surface area (Å²) in [6, 6.07) is 0. The molecule has 8 heteroatoms. The molecule has 1 rings (SSSR count). The number of carboxylic acids is 3. The Morgan fingerprint density at radius 2 is 1.87 bits per heavy atom. The Bertz CT molecular complexity index is 627. The van der Waals surface area contributed by atoms with Crippen LogP contribution in [0, 0.1) is 11.3 Å². The van der Waals surface area contributed by atoms with E-state index in [9.17, 15) is 34.5 Å². The summed E-state index contributed by atoms with van der Waals surface area (Å²) in [5, 5.41) is 33.3. The second-order valence-electron chi connectivity index (χ2n) is 5.04. The Labute approximate surface area is 131 Å². The van der Waals surface area contributed by atoms with Crippen LogP contribution in [0.15, 0.2) is 36.0 Å². The fraction of sp³-hybridized carbons (Fsp3) is 0.333. The summed E-state index contributed by atoms with van der Waals surface area (Å²) in [5.41, 5.74) is -2.59. The Kier molecular flexibility index (Phi) is 5.45. The van der Waals surface area contributed by atoms with E-state index in [1.165, 1.54) is 6.92 Å². The van der Waals surface area contributed by atoms with Gasteiger partial charge in [-0.05, 0) is 18.9 Å². The SMILES string of the molecule is C=C(C)C(=O)OCCC1(C(=O)[O-])C=CC(C(=O)[O-])C(C(=O)[O-])=C1. The molecule has 2 unspecified atom stereocenters. The van der Waals surface area contributed by atoms with Gasteiger partial charge in [0.1, 0.15) is 0 Å². The second-order valence-corrected chi connectivity index (χ2v) is 5.04. The number of hydrogen-bond donors (Lipinski definition) is 0. The molecule has 0 aromatic rings. The van der Waals surface area contributed by atoms with Crippen molar-refractivity contribution in [2.75, 3.05) is 6.61 Å². The molecule has 23 heavy (non-hydrogen) atoms. The molecule has 0 fully saturated rings. The van der Waals surface area contributed by atoms with Crippen LogP contribution in [0.25, 0.3) is 0 Å². The molecule has 0 bridgehead atoms. The van der Waals surface area contributed by atoms with Crippen LogP contribution in [0.4, 0.5) is 0 Å². The number of esters is 1. The minimum absolute atomic E-state index is 0.106. The minimum atomic E-state index is -1.93. The van der Waals surface area contributed by atoms with Crippen LogP contribution in [0.1, 0.15) is 13.3 Å². The lowest BCUT2D eigenvalue weighted by molar-refractivity contribution is -0.316. The van der Waals surface area contributed by atoms with Gasteiger partial charge < -0.3 is 34.4 Å². The molecule has 0 N–H and O–H groups in total. The molecule has 1 aliphatic rings. The molecule has 1 aliphatic carbocycles.